The Morgan fingerprint density at radius 1 is 1.33 bits per heavy atom. The fourth-order valence-electron chi connectivity index (χ4n) is 2.15. The van der Waals surface area contributed by atoms with Gasteiger partial charge in [-0.15, -0.1) is 0 Å². The van der Waals surface area contributed by atoms with Crippen molar-refractivity contribution in [1.82, 2.24) is 4.72 Å². The third-order valence-electron chi connectivity index (χ3n) is 3.27. The molecule has 1 aromatic rings. The van der Waals surface area contributed by atoms with Crippen LogP contribution in [0.5, 0.6) is 0 Å². The van der Waals surface area contributed by atoms with E-state index in [1.165, 1.54) is 4.90 Å². The molecular formula is C12H18BrN2O2S+. The summed E-state index contributed by atoms with van der Waals surface area (Å²) in [6.45, 7) is 2.04. The molecule has 0 unspecified atom stereocenters. The topological polar surface area (TPSA) is 50.6 Å². The van der Waals surface area contributed by atoms with Crippen LogP contribution in [0.15, 0.2) is 33.6 Å². The zero-order chi connectivity index (χ0) is 13.2. The lowest BCUT2D eigenvalue weighted by Gasteiger charge is -2.26. The summed E-state index contributed by atoms with van der Waals surface area (Å²) in [6.07, 6.45) is 1.80. The normalized spacial score (nSPS) is 25.0. The third-order valence-corrected chi connectivity index (χ3v) is 5.28. The predicted molar refractivity (Wildman–Crippen MR) is 74.1 cm³/mol. The van der Waals surface area contributed by atoms with Crippen molar-refractivity contribution < 1.29 is 13.3 Å². The van der Waals surface area contributed by atoms with E-state index in [4.69, 9.17) is 0 Å². The summed E-state index contributed by atoms with van der Waals surface area (Å²) in [5.74, 6) is 0. The molecule has 18 heavy (non-hydrogen) atoms. The lowest BCUT2D eigenvalue weighted by Crippen LogP contribution is -3.10. The second-order valence-electron chi connectivity index (χ2n) is 4.81. The SMILES string of the molecule is C[NH+]1CCC(NS(=O)(=O)c2cccc(Br)c2)CC1. The van der Waals surface area contributed by atoms with E-state index in [9.17, 15) is 8.42 Å². The highest BCUT2D eigenvalue weighted by Gasteiger charge is 2.24. The maximum Gasteiger partial charge on any atom is 0.240 e. The highest BCUT2D eigenvalue weighted by molar-refractivity contribution is 9.10. The highest BCUT2D eigenvalue weighted by Crippen LogP contribution is 2.17. The average Bonchev–Trinajstić information content (AvgIpc) is 2.32. The molecule has 0 atom stereocenters. The van der Waals surface area contributed by atoms with Crippen LogP contribution in [0, 0.1) is 0 Å². The van der Waals surface area contributed by atoms with Crippen LogP contribution < -0.4 is 9.62 Å². The van der Waals surface area contributed by atoms with Gasteiger partial charge in [-0.25, -0.2) is 13.1 Å². The smallest absolute Gasteiger partial charge is 0.240 e. The van der Waals surface area contributed by atoms with Crippen LogP contribution in [0.2, 0.25) is 0 Å². The Morgan fingerprint density at radius 3 is 2.61 bits per heavy atom. The first-order valence-corrected chi connectivity index (χ1v) is 8.34. The van der Waals surface area contributed by atoms with Crippen molar-refractivity contribution in [2.75, 3.05) is 20.1 Å². The van der Waals surface area contributed by atoms with Crippen molar-refractivity contribution in [3.63, 3.8) is 0 Å². The van der Waals surface area contributed by atoms with Crippen LogP contribution in [0.25, 0.3) is 0 Å². The Labute approximate surface area is 117 Å². The predicted octanol–water partition coefficient (Wildman–Crippen LogP) is 0.405. The molecule has 1 fully saturated rings. The van der Waals surface area contributed by atoms with E-state index in [2.05, 4.69) is 27.7 Å². The average molecular weight is 334 g/mol. The summed E-state index contributed by atoms with van der Waals surface area (Å²) in [6, 6.07) is 6.86. The zero-order valence-electron chi connectivity index (χ0n) is 10.3. The fourth-order valence-corrected chi connectivity index (χ4v) is 4.05. The van der Waals surface area contributed by atoms with Crippen molar-refractivity contribution in [1.29, 1.82) is 0 Å². The molecule has 1 heterocycles. The number of rotatable bonds is 3. The van der Waals surface area contributed by atoms with Crippen molar-refractivity contribution >= 4 is 26.0 Å². The maximum atomic E-state index is 12.2. The number of halogens is 1. The second kappa shape index (κ2) is 5.69. The molecule has 0 spiro atoms. The molecule has 0 bridgehead atoms. The lowest BCUT2D eigenvalue weighted by molar-refractivity contribution is -0.884. The monoisotopic (exact) mass is 333 g/mol. The molecule has 0 saturated carbocycles. The zero-order valence-corrected chi connectivity index (χ0v) is 12.7. The summed E-state index contributed by atoms with van der Waals surface area (Å²) in [5, 5.41) is 0. The Kier molecular flexibility index (Phi) is 4.42. The van der Waals surface area contributed by atoms with Gasteiger partial charge in [-0.1, -0.05) is 22.0 Å². The number of likely N-dealkylation sites (tertiary alicyclic amines) is 1. The van der Waals surface area contributed by atoms with Gasteiger partial charge >= 0.3 is 0 Å². The van der Waals surface area contributed by atoms with Gasteiger partial charge in [-0.3, -0.25) is 0 Å². The van der Waals surface area contributed by atoms with E-state index in [0.717, 1.165) is 30.4 Å². The molecule has 1 aliphatic rings. The Balaban J connectivity index is 2.08. The number of quaternary nitrogens is 1. The molecule has 100 valence electrons. The van der Waals surface area contributed by atoms with Crippen LogP contribution in [0.1, 0.15) is 12.8 Å². The Bertz CT molecular complexity index is 511. The van der Waals surface area contributed by atoms with Crippen LogP contribution >= 0.6 is 15.9 Å². The van der Waals surface area contributed by atoms with Crippen molar-refractivity contribution in [2.24, 2.45) is 0 Å². The molecule has 4 nitrogen and oxygen atoms in total. The van der Waals surface area contributed by atoms with Crippen LogP contribution in [0.3, 0.4) is 0 Å². The van der Waals surface area contributed by atoms with E-state index >= 15 is 0 Å². The molecule has 0 amide bonds. The van der Waals surface area contributed by atoms with Crippen molar-refractivity contribution in [3.05, 3.63) is 28.7 Å². The molecule has 6 heteroatoms. The molecule has 0 aromatic heterocycles. The van der Waals surface area contributed by atoms with E-state index in [0.29, 0.717) is 4.90 Å². The second-order valence-corrected chi connectivity index (χ2v) is 7.44. The minimum absolute atomic E-state index is 0.0673. The molecule has 1 saturated heterocycles. The molecule has 2 N–H and O–H groups in total. The minimum Gasteiger partial charge on any atom is -0.337 e. The number of benzene rings is 1. The Morgan fingerprint density at radius 2 is 2.00 bits per heavy atom. The maximum absolute atomic E-state index is 12.2. The van der Waals surface area contributed by atoms with Gasteiger partial charge in [0.05, 0.1) is 25.0 Å². The lowest BCUT2D eigenvalue weighted by atomic mass is 10.1. The van der Waals surface area contributed by atoms with Crippen LogP contribution in [0.4, 0.5) is 0 Å². The molecule has 1 aliphatic heterocycles. The summed E-state index contributed by atoms with van der Waals surface area (Å²) in [4.78, 5) is 1.79. The van der Waals surface area contributed by atoms with E-state index in [-0.39, 0.29) is 6.04 Å². The summed E-state index contributed by atoms with van der Waals surface area (Å²) >= 11 is 3.29. The molecular weight excluding hydrogens is 316 g/mol. The number of sulfonamides is 1. The highest BCUT2D eigenvalue weighted by atomic mass is 79.9. The summed E-state index contributed by atoms with van der Waals surface area (Å²) in [7, 11) is -1.25. The third kappa shape index (κ3) is 3.54. The number of hydrogen-bond donors (Lipinski definition) is 2. The molecule has 0 radical (unpaired) electrons. The first-order valence-electron chi connectivity index (χ1n) is 6.06. The van der Waals surface area contributed by atoms with E-state index < -0.39 is 10.0 Å². The fraction of sp³-hybridized carbons (Fsp3) is 0.500. The van der Waals surface area contributed by atoms with Crippen LogP contribution in [-0.4, -0.2) is 34.6 Å². The van der Waals surface area contributed by atoms with Gasteiger partial charge in [0.25, 0.3) is 0 Å². The van der Waals surface area contributed by atoms with Crippen LogP contribution in [-0.2, 0) is 10.0 Å². The van der Waals surface area contributed by atoms with Gasteiger partial charge in [0.15, 0.2) is 0 Å². The van der Waals surface area contributed by atoms with Crippen molar-refractivity contribution in [2.45, 2.75) is 23.8 Å². The van der Waals surface area contributed by atoms with Gasteiger partial charge in [-0.05, 0) is 18.2 Å². The molecule has 2 rings (SSSR count). The molecule has 0 aliphatic carbocycles. The van der Waals surface area contributed by atoms with Gasteiger partial charge in [0.2, 0.25) is 10.0 Å². The van der Waals surface area contributed by atoms with Gasteiger partial charge in [0, 0.05) is 23.4 Å². The quantitative estimate of drug-likeness (QED) is 0.841. The number of nitrogens with one attached hydrogen (secondary N) is 2. The first kappa shape index (κ1) is 14.0. The summed E-state index contributed by atoms with van der Waals surface area (Å²) in [5.41, 5.74) is 0. The Hall–Kier alpha value is -0.430. The largest absolute Gasteiger partial charge is 0.337 e. The molecule has 1 aromatic carbocycles. The standard InChI is InChI=1S/C12H17BrN2O2S/c1-15-7-5-11(6-8-15)14-18(16,17)12-4-2-3-10(13)9-12/h2-4,9,11,14H,5-8H2,1H3/p+1. The van der Waals surface area contributed by atoms with E-state index in [1.54, 1.807) is 18.2 Å². The van der Waals surface area contributed by atoms with Crippen molar-refractivity contribution in [3.8, 4) is 0 Å². The number of piperidine rings is 1. The number of hydrogen-bond acceptors (Lipinski definition) is 2. The van der Waals surface area contributed by atoms with Gasteiger partial charge in [0.1, 0.15) is 0 Å². The first-order chi connectivity index (χ1) is 8.47. The van der Waals surface area contributed by atoms with Gasteiger partial charge in [-0.2, -0.15) is 0 Å². The van der Waals surface area contributed by atoms with Gasteiger partial charge < -0.3 is 4.90 Å². The summed E-state index contributed by atoms with van der Waals surface area (Å²) < 4.78 is 28.0. The minimum atomic E-state index is -3.39. The van der Waals surface area contributed by atoms with E-state index in [1.807, 2.05) is 6.07 Å².